The van der Waals surface area contributed by atoms with Crippen LogP contribution in [0.5, 0.6) is 0 Å². The van der Waals surface area contributed by atoms with Gasteiger partial charge in [0.2, 0.25) is 0 Å². The van der Waals surface area contributed by atoms with E-state index in [-0.39, 0.29) is 22.5 Å². The fourth-order valence-corrected chi connectivity index (χ4v) is 2.22. The number of aliphatic imine (C=N–C) groups is 1. The number of nitrogens with zero attached hydrogens (tertiary/aromatic N) is 4. The van der Waals surface area contributed by atoms with E-state index in [1.165, 1.54) is 24.4 Å². The number of aromatic nitrogens is 3. The van der Waals surface area contributed by atoms with Crippen molar-refractivity contribution in [3.05, 3.63) is 59.2 Å². The zero-order chi connectivity index (χ0) is 18.0. The molecule has 2 aromatic carbocycles. The van der Waals surface area contributed by atoms with Gasteiger partial charge < -0.3 is 5.73 Å². The predicted octanol–water partition coefficient (Wildman–Crippen LogP) is 2.89. The number of fused-ring (bicyclic) bond motifs is 1. The topological polar surface area (TPSA) is 94.1 Å². The third-order valence-corrected chi connectivity index (χ3v) is 3.38. The first-order valence-corrected chi connectivity index (χ1v) is 6.99. The lowest BCUT2D eigenvalue weighted by atomic mass is 10.1. The highest BCUT2D eigenvalue weighted by molar-refractivity contribution is 6.06. The number of benzene rings is 2. The summed E-state index contributed by atoms with van der Waals surface area (Å²) in [5.74, 6) is -0.565. The van der Waals surface area contributed by atoms with E-state index in [1.807, 2.05) is 0 Å². The van der Waals surface area contributed by atoms with Gasteiger partial charge in [-0.15, -0.1) is 10.2 Å². The van der Waals surface area contributed by atoms with Crippen molar-refractivity contribution in [1.29, 1.82) is 0 Å². The number of hydrogen-bond donors (Lipinski definition) is 1. The van der Waals surface area contributed by atoms with Gasteiger partial charge in [-0.2, -0.15) is 13.2 Å². The standard InChI is InChI=1S/C16H10F3N5O/c17-16(18,19)10-4-1-3-9(7-10)8-21-15-12-6-2-5-11(14(20)25)13(12)22-24-23-15/h1-8H,(H2,20,25). The third kappa shape index (κ3) is 3.44. The maximum atomic E-state index is 12.7. The van der Waals surface area contributed by atoms with Crippen LogP contribution in [0.15, 0.2) is 47.5 Å². The van der Waals surface area contributed by atoms with E-state index >= 15 is 0 Å². The normalized spacial score (nSPS) is 12.0. The average molecular weight is 345 g/mol. The van der Waals surface area contributed by atoms with E-state index in [0.29, 0.717) is 5.39 Å². The van der Waals surface area contributed by atoms with Gasteiger partial charge in [0.15, 0.2) is 5.82 Å². The van der Waals surface area contributed by atoms with Gasteiger partial charge in [-0.1, -0.05) is 18.2 Å². The molecule has 126 valence electrons. The maximum Gasteiger partial charge on any atom is 0.416 e. The van der Waals surface area contributed by atoms with Crippen LogP contribution in [0.1, 0.15) is 21.5 Å². The Bertz CT molecular complexity index is 985. The SMILES string of the molecule is NC(=O)c1cccc2c(N=Cc3cccc(C(F)(F)F)c3)nnnc12. The molecule has 9 heteroatoms. The summed E-state index contributed by atoms with van der Waals surface area (Å²) in [6, 6.07) is 9.38. The summed E-state index contributed by atoms with van der Waals surface area (Å²) in [7, 11) is 0. The predicted molar refractivity (Wildman–Crippen MR) is 84.5 cm³/mol. The number of carbonyl (C=O) groups is 1. The molecule has 3 aromatic rings. The third-order valence-electron chi connectivity index (χ3n) is 3.38. The number of nitrogens with two attached hydrogens (primary N) is 1. The summed E-state index contributed by atoms with van der Waals surface area (Å²) < 4.78 is 38.2. The molecular weight excluding hydrogens is 335 g/mol. The molecule has 0 radical (unpaired) electrons. The number of primary amides is 1. The Kier molecular flexibility index (Phi) is 4.14. The second-order valence-corrected chi connectivity index (χ2v) is 5.06. The van der Waals surface area contributed by atoms with Gasteiger partial charge in [0, 0.05) is 11.6 Å². The molecule has 1 amide bonds. The molecule has 0 atom stereocenters. The molecule has 0 unspecified atom stereocenters. The minimum Gasteiger partial charge on any atom is -0.366 e. The van der Waals surface area contributed by atoms with Crippen molar-refractivity contribution in [2.45, 2.75) is 6.18 Å². The van der Waals surface area contributed by atoms with Crippen molar-refractivity contribution in [2.24, 2.45) is 10.7 Å². The Balaban J connectivity index is 2.03. The van der Waals surface area contributed by atoms with E-state index in [4.69, 9.17) is 5.73 Å². The summed E-state index contributed by atoms with van der Waals surface area (Å²) in [4.78, 5) is 15.5. The molecule has 0 aliphatic rings. The van der Waals surface area contributed by atoms with Gasteiger partial charge in [0.1, 0.15) is 5.52 Å². The number of halogens is 3. The van der Waals surface area contributed by atoms with Gasteiger partial charge in [-0.3, -0.25) is 4.79 Å². The van der Waals surface area contributed by atoms with Crippen molar-refractivity contribution in [1.82, 2.24) is 15.4 Å². The first-order valence-electron chi connectivity index (χ1n) is 6.99. The number of amides is 1. The largest absolute Gasteiger partial charge is 0.416 e. The van der Waals surface area contributed by atoms with Gasteiger partial charge >= 0.3 is 6.18 Å². The summed E-state index contributed by atoms with van der Waals surface area (Å²) in [6.07, 6.45) is -3.21. The summed E-state index contributed by atoms with van der Waals surface area (Å²) in [6.45, 7) is 0. The molecule has 0 saturated carbocycles. The highest BCUT2D eigenvalue weighted by atomic mass is 19.4. The number of rotatable bonds is 3. The minimum absolute atomic E-state index is 0.116. The highest BCUT2D eigenvalue weighted by Gasteiger charge is 2.30. The van der Waals surface area contributed by atoms with Gasteiger partial charge in [-0.05, 0) is 35.0 Å². The molecule has 0 spiro atoms. The molecule has 3 rings (SSSR count). The molecule has 25 heavy (non-hydrogen) atoms. The fourth-order valence-electron chi connectivity index (χ4n) is 2.22. The molecule has 0 saturated heterocycles. The second-order valence-electron chi connectivity index (χ2n) is 5.06. The number of alkyl halides is 3. The Morgan fingerprint density at radius 3 is 2.60 bits per heavy atom. The van der Waals surface area contributed by atoms with E-state index in [1.54, 1.807) is 12.1 Å². The first kappa shape index (κ1) is 16.5. The molecule has 2 N–H and O–H groups in total. The molecule has 6 nitrogen and oxygen atoms in total. The summed E-state index contributed by atoms with van der Waals surface area (Å²) in [5.41, 5.74) is 5.12. The van der Waals surface area contributed by atoms with E-state index in [2.05, 4.69) is 20.4 Å². The zero-order valence-corrected chi connectivity index (χ0v) is 12.5. The maximum absolute atomic E-state index is 12.7. The zero-order valence-electron chi connectivity index (χ0n) is 12.5. The Labute approximate surface area is 139 Å². The summed E-state index contributed by atoms with van der Waals surface area (Å²) in [5, 5.41) is 11.5. The summed E-state index contributed by atoms with van der Waals surface area (Å²) >= 11 is 0. The van der Waals surface area contributed by atoms with Gasteiger partial charge in [0.25, 0.3) is 5.91 Å². The van der Waals surface area contributed by atoms with Crippen LogP contribution in [0, 0.1) is 0 Å². The van der Waals surface area contributed by atoms with Crippen molar-refractivity contribution in [3.63, 3.8) is 0 Å². The monoisotopic (exact) mass is 345 g/mol. The van der Waals surface area contributed by atoms with Crippen molar-refractivity contribution >= 4 is 28.8 Å². The van der Waals surface area contributed by atoms with Crippen LogP contribution in [-0.2, 0) is 6.18 Å². The van der Waals surface area contributed by atoms with Crippen molar-refractivity contribution < 1.29 is 18.0 Å². The van der Waals surface area contributed by atoms with Crippen molar-refractivity contribution in [3.8, 4) is 0 Å². The lowest BCUT2D eigenvalue weighted by Crippen LogP contribution is -2.12. The number of hydrogen-bond acceptors (Lipinski definition) is 5. The van der Waals surface area contributed by atoms with Crippen LogP contribution >= 0.6 is 0 Å². The van der Waals surface area contributed by atoms with Crippen LogP contribution in [0.2, 0.25) is 0 Å². The van der Waals surface area contributed by atoms with Crippen LogP contribution in [0.3, 0.4) is 0 Å². The molecule has 0 bridgehead atoms. The van der Waals surface area contributed by atoms with Crippen LogP contribution in [0.25, 0.3) is 10.9 Å². The lowest BCUT2D eigenvalue weighted by molar-refractivity contribution is -0.137. The van der Waals surface area contributed by atoms with Crippen LogP contribution < -0.4 is 5.73 Å². The second kappa shape index (κ2) is 6.27. The molecule has 0 aliphatic carbocycles. The molecule has 0 fully saturated rings. The average Bonchev–Trinajstić information content (AvgIpc) is 2.58. The highest BCUT2D eigenvalue weighted by Crippen LogP contribution is 2.29. The quantitative estimate of drug-likeness (QED) is 0.739. The molecule has 1 heterocycles. The van der Waals surface area contributed by atoms with Gasteiger partial charge in [0.05, 0.1) is 11.1 Å². The smallest absolute Gasteiger partial charge is 0.366 e. The Morgan fingerprint density at radius 1 is 1.12 bits per heavy atom. The molecular formula is C16H10F3N5O. The van der Waals surface area contributed by atoms with Crippen LogP contribution in [-0.4, -0.2) is 27.5 Å². The number of carbonyl (C=O) groups excluding carboxylic acids is 1. The Hall–Kier alpha value is -3.36. The van der Waals surface area contributed by atoms with E-state index in [9.17, 15) is 18.0 Å². The Morgan fingerprint density at radius 2 is 1.88 bits per heavy atom. The molecule has 1 aromatic heterocycles. The molecule has 0 aliphatic heterocycles. The van der Waals surface area contributed by atoms with Crippen LogP contribution in [0.4, 0.5) is 19.0 Å². The fraction of sp³-hybridized carbons (Fsp3) is 0.0625. The minimum atomic E-state index is -4.44. The lowest BCUT2D eigenvalue weighted by Gasteiger charge is -2.06. The first-order chi connectivity index (χ1) is 11.9. The van der Waals surface area contributed by atoms with E-state index in [0.717, 1.165) is 12.1 Å². The van der Waals surface area contributed by atoms with E-state index < -0.39 is 17.6 Å². The van der Waals surface area contributed by atoms with Crippen molar-refractivity contribution in [2.75, 3.05) is 0 Å². The van der Waals surface area contributed by atoms with Gasteiger partial charge in [-0.25, -0.2) is 4.99 Å².